The molecule has 1 unspecified atom stereocenters. The molecule has 1 rings (SSSR count). The summed E-state index contributed by atoms with van der Waals surface area (Å²) in [5.41, 5.74) is 5.92. The lowest BCUT2D eigenvalue weighted by atomic mass is 9.81. The Labute approximate surface area is 110 Å². The summed E-state index contributed by atoms with van der Waals surface area (Å²) in [7, 11) is 0. The molecule has 0 aromatic rings. The van der Waals surface area contributed by atoms with Crippen molar-refractivity contribution in [3.8, 4) is 0 Å². The molecular formula is C14H26N2O2. The normalized spacial score (nSPS) is 24.8. The first-order valence-electron chi connectivity index (χ1n) is 7.18. The van der Waals surface area contributed by atoms with Crippen LogP contribution in [-0.4, -0.2) is 24.3 Å². The fourth-order valence-corrected chi connectivity index (χ4v) is 2.76. The van der Waals surface area contributed by atoms with Crippen LogP contribution in [0.5, 0.6) is 0 Å². The van der Waals surface area contributed by atoms with Crippen LogP contribution in [0.4, 0.5) is 0 Å². The zero-order valence-electron chi connectivity index (χ0n) is 11.6. The summed E-state index contributed by atoms with van der Waals surface area (Å²) in [5.74, 6) is -0.154. The number of carbonyl (C=O) groups is 2. The molecule has 0 aromatic carbocycles. The van der Waals surface area contributed by atoms with E-state index in [2.05, 4.69) is 19.2 Å². The molecule has 0 aromatic heterocycles. The third kappa shape index (κ3) is 3.80. The van der Waals surface area contributed by atoms with Crippen LogP contribution in [0.2, 0.25) is 0 Å². The topological polar surface area (TPSA) is 72.2 Å². The lowest BCUT2D eigenvalue weighted by Gasteiger charge is -2.24. The first-order chi connectivity index (χ1) is 8.61. The van der Waals surface area contributed by atoms with Crippen molar-refractivity contribution in [2.45, 2.75) is 58.4 Å². The van der Waals surface area contributed by atoms with Gasteiger partial charge in [0.05, 0.1) is 6.04 Å². The number of nitrogens with two attached hydrogens (primary N) is 1. The van der Waals surface area contributed by atoms with Gasteiger partial charge >= 0.3 is 0 Å². The number of nitrogens with one attached hydrogen (secondary N) is 1. The van der Waals surface area contributed by atoms with Gasteiger partial charge in [-0.1, -0.05) is 26.7 Å². The summed E-state index contributed by atoms with van der Waals surface area (Å²) in [6.45, 7) is 4.83. The van der Waals surface area contributed by atoms with Gasteiger partial charge in [-0.05, 0) is 25.7 Å². The number of carbonyl (C=O) groups excluding carboxylic acids is 2. The van der Waals surface area contributed by atoms with Gasteiger partial charge < -0.3 is 11.1 Å². The number of hydrogen-bond donors (Lipinski definition) is 2. The molecule has 0 bridgehead atoms. The third-order valence-electron chi connectivity index (χ3n) is 3.77. The number of ketones is 1. The Morgan fingerprint density at radius 1 is 1.39 bits per heavy atom. The van der Waals surface area contributed by atoms with Crippen LogP contribution < -0.4 is 11.1 Å². The predicted octanol–water partition coefficient (Wildman–Crippen LogP) is 1.63. The van der Waals surface area contributed by atoms with Gasteiger partial charge in [0, 0.05) is 18.4 Å². The monoisotopic (exact) mass is 254 g/mol. The van der Waals surface area contributed by atoms with E-state index in [-0.39, 0.29) is 23.5 Å². The van der Waals surface area contributed by atoms with E-state index in [1.54, 1.807) is 0 Å². The summed E-state index contributed by atoms with van der Waals surface area (Å²) in [5, 5.41) is 2.77. The highest BCUT2D eigenvalue weighted by Crippen LogP contribution is 2.24. The van der Waals surface area contributed by atoms with Crippen LogP contribution in [0.15, 0.2) is 0 Å². The van der Waals surface area contributed by atoms with Crippen molar-refractivity contribution >= 4 is 11.7 Å². The highest BCUT2D eigenvalue weighted by Gasteiger charge is 2.35. The van der Waals surface area contributed by atoms with Crippen LogP contribution in [0.1, 0.15) is 52.4 Å². The van der Waals surface area contributed by atoms with Crippen molar-refractivity contribution in [2.75, 3.05) is 6.54 Å². The molecule has 0 spiro atoms. The average Bonchev–Trinajstić information content (AvgIpc) is 2.52. The highest BCUT2D eigenvalue weighted by molar-refractivity contribution is 5.92. The van der Waals surface area contributed by atoms with E-state index in [0.717, 1.165) is 38.5 Å². The van der Waals surface area contributed by atoms with Gasteiger partial charge in [-0.25, -0.2) is 0 Å². The minimum atomic E-state index is -0.656. The Balaban J connectivity index is 2.74. The van der Waals surface area contributed by atoms with Crippen molar-refractivity contribution in [3.63, 3.8) is 0 Å². The van der Waals surface area contributed by atoms with Crippen molar-refractivity contribution in [2.24, 2.45) is 17.6 Å². The maximum absolute atomic E-state index is 12.5. The van der Waals surface area contributed by atoms with Crippen molar-refractivity contribution < 1.29 is 9.59 Å². The Bertz CT molecular complexity index is 286. The SMILES string of the molecule is CCCC(CCC)C(=O)C1CCCNC(=O)[C@H]1N. The molecule has 0 radical (unpaired) electrons. The molecule has 3 N–H and O–H groups in total. The van der Waals surface area contributed by atoms with Crippen LogP contribution in [0, 0.1) is 11.8 Å². The quantitative estimate of drug-likeness (QED) is 0.756. The Kier molecular flexibility index (Phi) is 6.33. The fraction of sp³-hybridized carbons (Fsp3) is 0.857. The maximum Gasteiger partial charge on any atom is 0.237 e. The predicted molar refractivity (Wildman–Crippen MR) is 72.0 cm³/mol. The molecule has 104 valence electrons. The average molecular weight is 254 g/mol. The van der Waals surface area contributed by atoms with Gasteiger partial charge in [-0.2, -0.15) is 0 Å². The van der Waals surface area contributed by atoms with Gasteiger partial charge in [0.2, 0.25) is 5.91 Å². The molecule has 1 saturated heterocycles. The number of rotatable bonds is 6. The van der Waals surface area contributed by atoms with Crippen LogP contribution in [-0.2, 0) is 9.59 Å². The van der Waals surface area contributed by atoms with Crippen molar-refractivity contribution in [3.05, 3.63) is 0 Å². The Hall–Kier alpha value is -0.900. The Morgan fingerprint density at radius 3 is 2.56 bits per heavy atom. The highest BCUT2D eigenvalue weighted by atomic mass is 16.2. The van der Waals surface area contributed by atoms with Crippen LogP contribution in [0.3, 0.4) is 0 Å². The first-order valence-corrected chi connectivity index (χ1v) is 7.18. The smallest absolute Gasteiger partial charge is 0.237 e. The molecule has 0 saturated carbocycles. The zero-order valence-corrected chi connectivity index (χ0v) is 11.6. The molecule has 1 fully saturated rings. The van der Waals surface area contributed by atoms with Crippen molar-refractivity contribution in [1.29, 1.82) is 0 Å². The summed E-state index contributed by atoms with van der Waals surface area (Å²) in [4.78, 5) is 24.2. The number of hydrogen-bond acceptors (Lipinski definition) is 3. The van der Waals surface area contributed by atoms with Crippen molar-refractivity contribution in [1.82, 2.24) is 5.32 Å². The van der Waals surface area contributed by atoms with Gasteiger partial charge in [-0.15, -0.1) is 0 Å². The molecule has 1 aliphatic heterocycles. The second-order valence-electron chi connectivity index (χ2n) is 5.24. The standard InChI is InChI=1S/C14H26N2O2/c1-3-6-10(7-4-2)13(17)11-8-5-9-16-14(18)12(11)15/h10-12H,3-9,15H2,1-2H3,(H,16,18)/t11?,12-/m0/s1. The van der Waals surface area contributed by atoms with Crippen LogP contribution >= 0.6 is 0 Å². The lowest BCUT2D eigenvalue weighted by molar-refractivity contribution is -0.132. The van der Waals surface area contributed by atoms with Gasteiger partial charge in [0.25, 0.3) is 0 Å². The number of Topliss-reactive ketones (excluding diaryl/α,β-unsaturated/α-hetero) is 1. The molecule has 18 heavy (non-hydrogen) atoms. The van der Waals surface area contributed by atoms with E-state index in [0.29, 0.717) is 6.54 Å². The summed E-state index contributed by atoms with van der Waals surface area (Å²) >= 11 is 0. The zero-order chi connectivity index (χ0) is 13.5. The van der Waals surface area contributed by atoms with E-state index in [1.165, 1.54) is 0 Å². The van der Waals surface area contributed by atoms with Gasteiger partial charge in [-0.3, -0.25) is 9.59 Å². The summed E-state index contributed by atoms with van der Waals surface area (Å²) < 4.78 is 0. The minimum Gasteiger partial charge on any atom is -0.355 e. The third-order valence-corrected chi connectivity index (χ3v) is 3.77. The summed E-state index contributed by atoms with van der Waals surface area (Å²) in [6, 6.07) is -0.656. The van der Waals surface area contributed by atoms with Gasteiger partial charge in [0.1, 0.15) is 5.78 Å². The molecule has 4 heteroatoms. The minimum absolute atomic E-state index is 0.0851. The Morgan fingerprint density at radius 2 is 2.00 bits per heavy atom. The van der Waals surface area contributed by atoms with E-state index < -0.39 is 6.04 Å². The maximum atomic E-state index is 12.5. The largest absolute Gasteiger partial charge is 0.355 e. The molecule has 4 nitrogen and oxygen atoms in total. The molecular weight excluding hydrogens is 228 g/mol. The van der Waals surface area contributed by atoms with Gasteiger partial charge in [0.15, 0.2) is 0 Å². The second-order valence-corrected chi connectivity index (χ2v) is 5.24. The molecule has 0 aliphatic carbocycles. The van der Waals surface area contributed by atoms with E-state index in [4.69, 9.17) is 5.73 Å². The first kappa shape index (κ1) is 15.2. The second kappa shape index (κ2) is 7.52. The molecule has 1 aliphatic rings. The molecule has 1 amide bonds. The number of amides is 1. The lowest BCUT2D eigenvalue weighted by Crippen LogP contribution is -2.47. The van der Waals surface area contributed by atoms with E-state index >= 15 is 0 Å². The van der Waals surface area contributed by atoms with E-state index in [1.807, 2.05) is 0 Å². The molecule has 1 heterocycles. The fourth-order valence-electron chi connectivity index (χ4n) is 2.76. The molecule has 2 atom stereocenters. The van der Waals surface area contributed by atoms with Crippen LogP contribution in [0.25, 0.3) is 0 Å². The summed E-state index contributed by atoms with van der Waals surface area (Å²) in [6.07, 6.45) is 5.42. The van der Waals surface area contributed by atoms with E-state index in [9.17, 15) is 9.59 Å².